The van der Waals surface area contributed by atoms with Crippen molar-refractivity contribution in [3.05, 3.63) is 23.3 Å². The summed E-state index contributed by atoms with van der Waals surface area (Å²) < 4.78 is 0. The number of carbonyl (C=O) groups excluding carboxylic acids is 1. The molecule has 0 bridgehead atoms. The minimum absolute atomic E-state index is 0.192. The van der Waals surface area contributed by atoms with Crippen LogP contribution in [0.4, 0.5) is 0 Å². The van der Waals surface area contributed by atoms with E-state index in [1.807, 2.05) is 0 Å². The highest BCUT2D eigenvalue weighted by Gasteiger charge is 2.42. The van der Waals surface area contributed by atoms with Crippen LogP contribution in [0.3, 0.4) is 0 Å². The number of hydrogen-bond donors (Lipinski definition) is 1. The first-order chi connectivity index (χ1) is 8.83. The Kier molecular flexibility index (Phi) is 3.26. The van der Waals surface area contributed by atoms with Gasteiger partial charge in [-0.25, -0.2) is 9.97 Å². The Morgan fingerprint density at radius 1 is 1.42 bits per heavy atom. The van der Waals surface area contributed by atoms with E-state index >= 15 is 0 Å². The number of aliphatic carboxylic acids is 1. The molecule has 1 saturated heterocycles. The molecular weight excluding hydrogens is 246 g/mol. The van der Waals surface area contributed by atoms with Crippen LogP contribution in [0.5, 0.6) is 0 Å². The highest BCUT2D eigenvalue weighted by atomic mass is 16.4. The molecule has 19 heavy (non-hydrogen) atoms. The lowest BCUT2D eigenvalue weighted by Gasteiger charge is -2.20. The van der Waals surface area contributed by atoms with Crippen LogP contribution in [0.25, 0.3) is 0 Å². The molecule has 1 atom stereocenters. The zero-order valence-electron chi connectivity index (χ0n) is 11.3. The van der Waals surface area contributed by atoms with Crippen LogP contribution in [0.1, 0.15) is 35.2 Å². The summed E-state index contributed by atoms with van der Waals surface area (Å²) in [5.74, 6) is -0.437. The quantitative estimate of drug-likeness (QED) is 0.861. The molecule has 1 aliphatic rings. The fraction of sp³-hybridized carbons (Fsp3) is 0.538. The van der Waals surface area contributed by atoms with Gasteiger partial charge in [0.2, 0.25) is 0 Å². The molecule has 2 rings (SSSR count). The van der Waals surface area contributed by atoms with E-state index in [1.165, 1.54) is 6.20 Å². The van der Waals surface area contributed by atoms with E-state index in [9.17, 15) is 14.7 Å². The minimum atomic E-state index is -0.861. The molecule has 6 heteroatoms. The highest BCUT2D eigenvalue weighted by Crippen LogP contribution is 2.31. The Morgan fingerprint density at radius 3 is 2.63 bits per heavy atom. The number of carbonyl (C=O) groups is 2. The first-order valence-electron chi connectivity index (χ1n) is 6.16. The van der Waals surface area contributed by atoms with Gasteiger partial charge in [0.15, 0.2) is 0 Å². The normalized spacial score (nSPS) is 22.6. The molecule has 0 aliphatic carbocycles. The Balaban J connectivity index is 2.20. The zero-order valence-corrected chi connectivity index (χ0v) is 11.3. The predicted molar refractivity (Wildman–Crippen MR) is 67.8 cm³/mol. The summed E-state index contributed by atoms with van der Waals surface area (Å²) in [5.41, 5.74) is 0.219. The van der Waals surface area contributed by atoms with Crippen molar-refractivity contribution in [1.82, 2.24) is 14.9 Å². The summed E-state index contributed by atoms with van der Waals surface area (Å²) >= 11 is 0. The first-order valence-corrected chi connectivity index (χ1v) is 6.16. The summed E-state index contributed by atoms with van der Waals surface area (Å²) in [7, 11) is 0. The van der Waals surface area contributed by atoms with E-state index in [0.29, 0.717) is 30.0 Å². The molecule has 2 heterocycles. The fourth-order valence-electron chi connectivity index (χ4n) is 2.27. The predicted octanol–water partition coefficient (Wildman–Crippen LogP) is 1.03. The molecule has 1 unspecified atom stereocenters. The van der Waals surface area contributed by atoms with Crippen LogP contribution in [-0.2, 0) is 4.79 Å². The minimum Gasteiger partial charge on any atom is -0.481 e. The van der Waals surface area contributed by atoms with Crippen LogP contribution in [-0.4, -0.2) is 44.9 Å². The zero-order chi connectivity index (χ0) is 14.2. The van der Waals surface area contributed by atoms with Gasteiger partial charge in [0.1, 0.15) is 5.82 Å². The Morgan fingerprint density at radius 2 is 2.11 bits per heavy atom. The van der Waals surface area contributed by atoms with E-state index in [0.717, 1.165) is 0 Å². The number of aryl methyl sites for hydroxylation is 2. The van der Waals surface area contributed by atoms with E-state index < -0.39 is 11.4 Å². The van der Waals surface area contributed by atoms with Crippen LogP contribution >= 0.6 is 0 Å². The van der Waals surface area contributed by atoms with Crippen molar-refractivity contribution in [2.75, 3.05) is 13.1 Å². The summed E-state index contributed by atoms with van der Waals surface area (Å²) in [6.07, 6.45) is 1.98. The van der Waals surface area contributed by atoms with Gasteiger partial charge in [0, 0.05) is 19.3 Å². The average Bonchev–Trinajstić information content (AvgIpc) is 2.73. The smallest absolute Gasteiger partial charge is 0.311 e. The summed E-state index contributed by atoms with van der Waals surface area (Å²) in [6.45, 7) is 5.87. The molecule has 1 fully saturated rings. The molecule has 0 aromatic carbocycles. The van der Waals surface area contributed by atoms with Gasteiger partial charge in [-0.2, -0.15) is 0 Å². The van der Waals surface area contributed by atoms with Crippen molar-refractivity contribution in [1.29, 1.82) is 0 Å². The lowest BCUT2D eigenvalue weighted by Crippen LogP contribution is -2.35. The molecule has 0 spiro atoms. The maximum atomic E-state index is 12.3. The Labute approximate surface area is 111 Å². The number of hydrogen-bond acceptors (Lipinski definition) is 4. The molecular formula is C13H17N3O3. The Hall–Kier alpha value is -1.98. The second-order valence-electron chi connectivity index (χ2n) is 5.26. The van der Waals surface area contributed by atoms with E-state index in [4.69, 9.17) is 0 Å². The molecule has 1 N–H and O–H groups in total. The van der Waals surface area contributed by atoms with E-state index in [1.54, 1.807) is 25.7 Å². The van der Waals surface area contributed by atoms with Crippen molar-refractivity contribution in [3.8, 4) is 0 Å². The number of aromatic nitrogens is 2. The van der Waals surface area contributed by atoms with Crippen molar-refractivity contribution in [3.63, 3.8) is 0 Å². The SMILES string of the molecule is Cc1ncc(C(=O)N2CCC(C)(C(=O)O)C2)c(C)n1. The van der Waals surface area contributed by atoms with Crippen molar-refractivity contribution >= 4 is 11.9 Å². The lowest BCUT2D eigenvalue weighted by atomic mass is 9.90. The van der Waals surface area contributed by atoms with Crippen molar-refractivity contribution in [2.45, 2.75) is 27.2 Å². The average molecular weight is 263 g/mol. The van der Waals surface area contributed by atoms with Crippen LogP contribution in [0.2, 0.25) is 0 Å². The van der Waals surface area contributed by atoms with Gasteiger partial charge in [-0.05, 0) is 27.2 Å². The largest absolute Gasteiger partial charge is 0.481 e. The number of amides is 1. The number of carboxylic acid groups (broad SMARTS) is 1. The summed E-state index contributed by atoms with van der Waals surface area (Å²) in [4.78, 5) is 33.3. The molecule has 102 valence electrons. The fourth-order valence-corrected chi connectivity index (χ4v) is 2.27. The standard InChI is InChI=1S/C13H17N3O3/c1-8-10(6-14-9(2)15-8)11(17)16-5-4-13(3,7-16)12(18)19/h6H,4-5,7H2,1-3H3,(H,18,19). The van der Waals surface area contributed by atoms with Gasteiger partial charge in [0.05, 0.1) is 16.7 Å². The molecule has 1 aliphatic heterocycles. The third-order valence-corrected chi connectivity index (χ3v) is 3.61. The number of nitrogens with zero attached hydrogens (tertiary/aromatic N) is 3. The molecule has 1 aromatic rings. The van der Waals surface area contributed by atoms with Gasteiger partial charge in [-0.15, -0.1) is 0 Å². The second kappa shape index (κ2) is 4.60. The van der Waals surface area contributed by atoms with E-state index in [2.05, 4.69) is 9.97 Å². The molecule has 1 aromatic heterocycles. The van der Waals surface area contributed by atoms with Crippen molar-refractivity contribution in [2.24, 2.45) is 5.41 Å². The number of likely N-dealkylation sites (tertiary alicyclic amines) is 1. The topological polar surface area (TPSA) is 83.4 Å². The van der Waals surface area contributed by atoms with Crippen molar-refractivity contribution < 1.29 is 14.7 Å². The van der Waals surface area contributed by atoms with Gasteiger partial charge >= 0.3 is 5.97 Å². The lowest BCUT2D eigenvalue weighted by molar-refractivity contribution is -0.147. The monoisotopic (exact) mass is 263 g/mol. The van der Waals surface area contributed by atoms with Gasteiger partial charge in [-0.3, -0.25) is 9.59 Å². The van der Waals surface area contributed by atoms with Gasteiger partial charge < -0.3 is 10.0 Å². The number of carboxylic acids is 1. The van der Waals surface area contributed by atoms with Crippen LogP contribution < -0.4 is 0 Å². The maximum Gasteiger partial charge on any atom is 0.311 e. The van der Waals surface area contributed by atoms with E-state index in [-0.39, 0.29) is 12.5 Å². The second-order valence-corrected chi connectivity index (χ2v) is 5.26. The summed E-state index contributed by atoms with van der Waals surface area (Å²) in [6, 6.07) is 0. The molecule has 1 amide bonds. The van der Waals surface area contributed by atoms with Gasteiger partial charge in [0.25, 0.3) is 5.91 Å². The van der Waals surface area contributed by atoms with Gasteiger partial charge in [-0.1, -0.05) is 0 Å². The van der Waals surface area contributed by atoms with Crippen LogP contribution in [0, 0.1) is 19.3 Å². The highest BCUT2D eigenvalue weighted by molar-refractivity contribution is 5.95. The molecule has 0 saturated carbocycles. The molecule has 6 nitrogen and oxygen atoms in total. The Bertz CT molecular complexity index is 544. The summed E-state index contributed by atoms with van der Waals surface area (Å²) in [5, 5.41) is 9.17. The third-order valence-electron chi connectivity index (χ3n) is 3.61. The molecule has 0 radical (unpaired) electrons. The number of rotatable bonds is 2. The maximum absolute atomic E-state index is 12.3. The first kappa shape index (κ1) is 13.5. The third kappa shape index (κ3) is 2.43. The van der Waals surface area contributed by atoms with Crippen LogP contribution in [0.15, 0.2) is 6.20 Å².